The maximum Gasteiger partial charge on any atom is 0.243 e. The van der Waals surface area contributed by atoms with Gasteiger partial charge < -0.3 is 10.2 Å². The third-order valence-electron chi connectivity index (χ3n) is 5.74. The predicted molar refractivity (Wildman–Crippen MR) is 121 cm³/mol. The van der Waals surface area contributed by atoms with E-state index in [2.05, 4.69) is 16.3 Å². The minimum Gasteiger partial charge on any atom is -0.354 e. The number of likely N-dealkylation sites (N-methyl/N-ethyl adjacent to an activating group) is 1. The zero-order chi connectivity index (χ0) is 21.9. The number of hydrogen-bond acceptors (Lipinski definition) is 5. The maximum absolute atomic E-state index is 13.0. The van der Waals surface area contributed by atoms with Gasteiger partial charge in [0.05, 0.1) is 10.9 Å². The molecule has 2 heterocycles. The van der Waals surface area contributed by atoms with Crippen molar-refractivity contribution in [3.63, 3.8) is 0 Å². The number of rotatable bonds is 7. The molecule has 30 heavy (non-hydrogen) atoms. The molecule has 0 radical (unpaired) electrons. The van der Waals surface area contributed by atoms with Crippen molar-refractivity contribution >= 4 is 27.3 Å². The van der Waals surface area contributed by atoms with Crippen molar-refractivity contribution in [2.24, 2.45) is 5.92 Å². The smallest absolute Gasteiger partial charge is 0.243 e. The molecule has 2 aromatic rings. The van der Waals surface area contributed by atoms with Crippen molar-refractivity contribution in [3.8, 4) is 0 Å². The number of sulfonamides is 1. The number of nitrogens with one attached hydrogen (secondary N) is 1. The highest BCUT2D eigenvalue weighted by atomic mass is 32.2. The molecule has 164 valence electrons. The van der Waals surface area contributed by atoms with Gasteiger partial charge in [0.1, 0.15) is 0 Å². The maximum atomic E-state index is 13.0. The highest BCUT2D eigenvalue weighted by Gasteiger charge is 2.33. The Hall–Kier alpha value is -1.74. The van der Waals surface area contributed by atoms with Crippen LogP contribution in [0.25, 0.3) is 0 Å². The molecule has 3 rings (SSSR count). The highest BCUT2D eigenvalue weighted by molar-refractivity contribution is 7.89. The third kappa shape index (κ3) is 5.11. The minimum absolute atomic E-state index is 0.0157. The van der Waals surface area contributed by atoms with Gasteiger partial charge >= 0.3 is 0 Å². The topological polar surface area (TPSA) is 69.7 Å². The van der Waals surface area contributed by atoms with E-state index in [0.29, 0.717) is 37.4 Å². The van der Waals surface area contributed by atoms with Crippen molar-refractivity contribution in [2.75, 3.05) is 33.7 Å². The Morgan fingerprint density at radius 1 is 1.23 bits per heavy atom. The molecular weight excluding hydrogens is 418 g/mol. The van der Waals surface area contributed by atoms with Crippen molar-refractivity contribution < 1.29 is 13.2 Å². The monoisotopic (exact) mass is 449 g/mol. The summed E-state index contributed by atoms with van der Waals surface area (Å²) in [5, 5.41) is 5.12. The fraction of sp³-hybridized carbons (Fsp3) is 0.500. The molecule has 8 heteroatoms. The van der Waals surface area contributed by atoms with Crippen LogP contribution >= 0.6 is 11.3 Å². The second-order valence-corrected chi connectivity index (χ2v) is 11.1. The van der Waals surface area contributed by atoms with E-state index in [1.165, 1.54) is 9.18 Å². The van der Waals surface area contributed by atoms with E-state index in [0.717, 1.165) is 11.1 Å². The molecule has 1 saturated heterocycles. The summed E-state index contributed by atoms with van der Waals surface area (Å²) in [6, 6.07) is 9.64. The van der Waals surface area contributed by atoms with Crippen LogP contribution in [0.15, 0.2) is 40.6 Å². The van der Waals surface area contributed by atoms with Gasteiger partial charge in [-0.3, -0.25) is 4.79 Å². The van der Waals surface area contributed by atoms with E-state index in [9.17, 15) is 13.2 Å². The van der Waals surface area contributed by atoms with Crippen LogP contribution in [-0.2, 0) is 14.8 Å². The van der Waals surface area contributed by atoms with Gasteiger partial charge in [-0.05, 0) is 63.9 Å². The molecule has 1 aromatic carbocycles. The third-order valence-corrected chi connectivity index (χ3v) is 8.77. The molecule has 1 atom stereocenters. The number of piperidine rings is 1. The average Bonchev–Trinajstić information content (AvgIpc) is 3.22. The zero-order valence-corrected chi connectivity index (χ0v) is 19.7. The lowest BCUT2D eigenvalue weighted by Crippen LogP contribution is -2.44. The first-order valence-corrected chi connectivity index (χ1v) is 12.6. The minimum atomic E-state index is -3.53. The number of carbonyl (C=O) groups excluding carboxylic acids is 1. The Kier molecular flexibility index (Phi) is 7.34. The van der Waals surface area contributed by atoms with Crippen molar-refractivity contribution in [3.05, 3.63) is 51.7 Å². The number of thiophene rings is 1. The van der Waals surface area contributed by atoms with Crippen molar-refractivity contribution in [2.45, 2.75) is 37.6 Å². The van der Waals surface area contributed by atoms with Gasteiger partial charge in [-0.25, -0.2) is 8.42 Å². The summed E-state index contributed by atoms with van der Waals surface area (Å²) in [6.07, 6.45) is 1.09. The molecule has 0 saturated carbocycles. The first-order valence-electron chi connectivity index (χ1n) is 10.2. The molecule has 1 aliphatic rings. The normalized spacial score (nSPS) is 17.2. The van der Waals surface area contributed by atoms with Crippen LogP contribution in [0.4, 0.5) is 0 Å². The number of amides is 1. The fourth-order valence-electron chi connectivity index (χ4n) is 3.95. The van der Waals surface area contributed by atoms with Gasteiger partial charge in [0.15, 0.2) is 0 Å². The second-order valence-electron chi connectivity index (χ2n) is 8.19. The first kappa shape index (κ1) is 22.9. The van der Waals surface area contributed by atoms with Crippen LogP contribution in [0.5, 0.6) is 0 Å². The molecule has 1 N–H and O–H groups in total. The van der Waals surface area contributed by atoms with Gasteiger partial charge in [0.2, 0.25) is 15.9 Å². The van der Waals surface area contributed by atoms with E-state index < -0.39 is 10.0 Å². The highest BCUT2D eigenvalue weighted by Crippen LogP contribution is 2.27. The number of carbonyl (C=O) groups is 1. The quantitative estimate of drug-likeness (QED) is 0.705. The van der Waals surface area contributed by atoms with E-state index >= 15 is 0 Å². The SMILES string of the molecule is Cc1ccc(S(=O)(=O)N2CCC(C(=O)NC[C@@H](c3cccs3)N(C)C)CC2)c(C)c1. The summed E-state index contributed by atoms with van der Waals surface area (Å²) in [5.41, 5.74) is 1.80. The summed E-state index contributed by atoms with van der Waals surface area (Å²) >= 11 is 1.68. The Balaban J connectivity index is 1.57. The molecule has 1 aliphatic heterocycles. The lowest BCUT2D eigenvalue weighted by atomic mass is 9.97. The number of aryl methyl sites for hydroxylation is 2. The lowest BCUT2D eigenvalue weighted by molar-refractivity contribution is -0.126. The van der Waals surface area contributed by atoms with Gasteiger partial charge in [0, 0.05) is 30.4 Å². The average molecular weight is 450 g/mol. The van der Waals surface area contributed by atoms with Gasteiger partial charge in [-0.15, -0.1) is 11.3 Å². The predicted octanol–water partition coefficient (Wildman–Crippen LogP) is 3.18. The molecule has 0 spiro atoms. The molecule has 1 amide bonds. The van der Waals surface area contributed by atoms with Crippen LogP contribution in [-0.4, -0.2) is 57.3 Å². The molecule has 1 fully saturated rings. The fourth-order valence-corrected chi connectivity index (χ4v) is 6.54. The molecule has 0 bridgehead atoms. The molecule has 6 nitrogen and oxygen atoms in total. The van der Waals surface area contributed by atoms with Gasteiger partial charge in [-0.1, -0.05) is 23.8 Å². The summed E-state index contributed by atoms with van der Waals surface area (Å²) in [4.78, 5) is 16.4. The molecular formula is C22H31N3O3S2. The molecule has 1 aromatic heterocycles. The summed E-state index contributed by atoms with van der Waals surface area (Å²) < 4.78 is 27.6. The number of hydrogen-bond donors (Lipinski definition) is 1. The van der Waals surface area contributed by atoms with Crippen LogP contribution < -0.4 is 5.32 Å². The Morgan fingerprint density at radius 3 is 2.50 bits per heavy atom. The van der Waals surface area contributed by atoms with E-state index in [1.54, 1.807) is 17.4 Å². The Bertz CT molecular complexity index is 964. The van der Waals surface area contributed by atoms with E-state index in [-0.39, 0.29) is 17.9 Å². The van der Waals surface area contributed by atoms with Crippen molar-refractivity contribution in [1.29, 1.82) is 0 Å². The van der Waals surface area contributed by atoms with Gasteiger partial charge in [-0.2, -0.15) is 4.31 Å². The Morgan fingerprint density at radius 2 is 1.93 bits per heavy atom. The van der Waals surface area contributed by atoms with E-state index in [1.807, 2.05) is 51.5 Å². The lowest BCUT2D eigenvalue weighted by Gasteiger charge is -2.31. The van der Waals surface area contributed by atoms with Crippen molar-refractivity contribution in [1.82, 2.24) is 14.5 Å². The second kappa shape index (κ2) is 9.60. The van der Waals surface area contributed by atoms with Crippen LogP contribution in [0.3, 0.4) is 0 Å². The summed E-state index contributed by atoms with van der Waals surface area (Å²) in [7, 11) is 0.485. The van der Waals surface area contributed by atoms with Crippen LogP contribution in [0, 0.1) is 19.8 Å². The zero-order valence-electron chi connectivity index (χ0n) is 18.1. The number of nitrogens with zero attached hydrogens (tertiary/aromatic N) is 2. The number of benzene rings is 1. The first-order chi connectivity index (χ1) is 14.2. The van der Waals surface area contributed by atoms with Crippen LogP contribution in [0.2, 0.25) is 0 Å². The van der Waals surface area contributed by atoms with Gasteiger partial charge in [0.25, 0.3) is 0 Å². The Labute approximate surface area is 183 Å². The summed E-state index contributed by atoms with van der Waals surface area (Å²) in [5.74, 6) is -0.135. The molecule has 0 aliphatic carbocycles. The van der Waals surface area contributed by atoms with E-state index in [4.69, 9.17) is 0 Å². The standard InChI is InChI=1S/C22H31N3O3S2/c1-16-7-8-21(17(2)14-16)30(27,28)25-11-9-18(10-12-25)22(26)23-15-19(24(3)4)20-6-5-13-29-20/h5-8,13-14,18-19H,9-12,15H2,1-4H3,(H,23,26)/t19-/m0/s1. The van der Waals surface area contributed by atoms with Crippen LogP contribution in [0.1, 0.15) is 34.9 Å². The summed E-state index contributed by atoms with van der Waals surface area (Å²) in [6.45, 7) is 5.07. The molecule has 0 unspecified atom stereocenters. The largest absolute Gasteiger partial charge is 0.354 e.